The highest BCUT2D eigenvalue weighted by Crippen LogP contribution is 2.32. The molecule has 1 saturated heterocycles. The predicted octanol–water partition coefficient (Wildman–Crippen LogP) is 2.08. The van der Waals surface area contributed by atoms with Crippen molar-refractivity contribution < 1.29 is 12.8 Å². The van der Waals surface area contributed by atoms with Gasteiger partial charge in [-0.05, 0) is 37.8 Å². The van der Waals surface area contributed by atoms with Crippen molar-refractivity contribution in [1.29, 1.82) is 0 Å². The second kappa shape index (κ2) is 5.70. The van der Waals surface area contributed by atoms with Crippen molar-refractivity contribution in [1.82, 2.24) is 13.9 Å². The summed E-state index contributed by atoms with van der Waals surface area (Å²) in [6, 6.07) is 4.87. The number of anilines is 1. The minimum absolute atomic E-state index is 0.00847. The molecule has 0 radical (unpaired) electrons. The van der Waals surface area contributed by atoms with Crippen LogP contribution in [-0.4, -0.2) is 46.7 Å². The Morgan fingerprint density at radius 2 is 2.08 bits per heavy atom. The molecule has 1 aliphatic carbocycles. The first kappa shape index (κ1) is 15.8. The molecule has 1 aromatic heterocycles. The highest BCUT2D eigenvalue weighted by Gasteiger charge is 2.41. The average molecular weight is 352 g/mol. The van der Waals surface area contributed by atoms with Crippen LogP contribution in [0.1, 0.15) is 25.7 Å². The summed E-state index contributed by atoms with van der Waals surface area (Å²) in [5, 5.41) is 3.13. The summed E-state index contributed by atoms with van der Waals surface area (Å²) in [5.41, 5.74) is 1.05. The van der Waals surface area contributed by atoms with Crippen LogP contribution in [-0.2, 0) is 17.1 Å². The molecule has 130 valence electrons. The van der Waals surface area contributed by atoms with E-state index in [4.69, 9.17) is 0 Å². The number of nitrogens with zero attached hydrogens (tertiary/aromatic N) is 3. The number of aryl methyl sites for hydroxylation is 1. The molecular formula is C16H21FN4O2S. The Kier molecular flexibility index (Phi) is 3.76. The van der Waals surface area contributed by atoms with Gasteiger partial charge in [0.25, 0.3) is 0 Å². The Labute approximate surface area is 140 Å². The van der Waals surface area contributed by atoms with E-state index in [1.165, 1.54) is 6.07 Å². The summed E-state index contributed by atoms with van der Waals surface area (Å²) < 4.78 is 42.2. The van der Waals surface area contributed by atoms with Gasteiger partial charge in [0.1, 0.15) is 5.52 Å². The van der Waals surface area contributed by atoms with Crippen molar-refractivity contribution in [2.45, 2.75) is 37.0 Å². The number of fused-ring (bicyclic) bond motifs is 1. The van der Waals surface area contributed by atoms with Gasteiger partial charge in [0.2, 0.25) is 16.0 Å². The number of imidazole rings is 1. The lowest BCUT2D eigenvalue weighted by atomic mass is 10.1. The molecule has 0 spiro atoms. The molecule has 1 N–H and O–H groups in total. The van der Waals surface area contributed by atoms with Crippen LogP contribution in [0.5, 0.6) is 0 Å². The van der Waals surface area contributed by atoms with Crippen molar-refractivity contribution in [2.24, 2.45) is 7.05 Å². The number of sulfonamides is 1. The number of nitrogens with one attached hydrogen (secondary N) is 1. The third kappa shape index (κ3) is 2.67. The van der Waals surface area contributed by atoms with Crippen LogP contribution in [0.15, 0.2) is 18.2 Å². The van der Waals surface area contributed by atoms with E-state index in [2.05, 4.69) is 10.3 Å². The lowest BCUT2D eigenvalue weighted by Crippen LogP contribution is -2.46. The van der Waals surface area contributed by atoms with Gasteiger partial charge in [0, 0.05) is 26.2 Å². The number of hydrogen-bond acceptors (Lipinski definition) is 4. The molecule has 2 aromatic rings. The van der Waals surface area contributed by atoms with E-state index in [9.17, 15) is 12.8 Å². The first-order valence-corrected chi connectivity index (χ1v) is 9.83. The Bertz CT molecular complexity index is 876. The minimum Gasteiger partial charge on any atom is -0.352 e. The van der Waals surface area contributed by atoms with Gasteiger partial charge in [0.15, 0.2) is 5.82 Å². The van der Waals surface area contributed by atoms with Crippen molar-refractivity contribution in [3.05, 3.63) is 24.0 Å². The van der Waals surface area contributed by atoms with E-state index >= 15 is 0 Å². The van der Waals surface area contributed by atoms with E-state index in [1.807, 2.05) is 17.7 Å². The maximum absolute atomic E-state index is 13.9. The molecule has 1 saturated carbocycles. The van der Waals surface area contributed by atoms with Gasteiger partial charge < -0.3 is 9.88 Å². The Hall–Kier alpha value is -1.67. The van der Waals surface area contributed by atoms with Crippen LogP contribution in [0.25, 0.3) is 11.0 Å². The smallest absolute Gasteiger partial charge is 0.217 e. The van der Waals surface area contributed by atoms with Crippen molar-refractivity contribution >= 4 is 27.0 Å². The van der Waals surface area contributed by atoms with Crippen molar-refractivity contribution in [3.8, 4) is 0 Å². The van der Waals surface area contributed by atoms with Gasteiger partial charge in [-0.2, -0.15) is 4.31 Å². The van der Waals surface area contributed by atoms with E-state index in [1.54, 1.807) is 10.4 Å². The Morgan fingerprint density at radius 3 is 2.79 bits per heavy atom. The monoisotopic (exact) mass is 352 g/mol. The van der Waals surface area contributed by atoms with Crippen LogP contribution in [0.4, 0.5) is 10.3 Å². The van der Waals surface area contributed by atoms with Crippen molar-refractivity contribution in [3.63, 3.8) is 0 Å². The molecular weight excluding hydrogens is 331 g/mol. The molecule has 0 unspecified atom stereocenters. The maximum Gasteiger partial charge on any atom is 0.217 e. The molecule has 2 heterocycles. The number of hydrogen-bond donors (Lipinski definition) is 1. The topological polar surface area (TPSA) is 67.2 Å². The number of halogens is 1. The Balaban J connectivity index is 1.55. The fourth-order valence-corrected chi connectivity index (χ4v) is 5.28. The lowest BCUT2D eigenvalue weighted by molar-refractivity contribution is 0.325. The van der Waals surface area contributed by atoms with Gasteiger partial charge in [-0.25, -0.2) is 17.8 Å². The highest BCUT2D eigenvalue weighted by molar-refractivity contribution is 7.90. The quantitative estimate of drug-likeness (QED) is 0.915. The van der Waals surface area contributed by atoms with Gasteiger partial charge >= 0.3 is 0 Å². The van der Waals surface area contributed by atoms with Crippen LogP contribution in [0.3, 0.4) is 0 Å². The summed E-state index contributed by atoms with van der Waals surface area (Å²) in [6.07, 6.45) is 3.26. The molecule has 2 fully saturated rings. The minimum atomic E-state index is -3.15. The van der Waals surface area contributed by atoms with E-state index in [0.717, 1.165) is 31.2 Å². The Morgan fingerprint density at radius 1 is 1.29 bits per heavy atom. The molecule has 8 heteroatoms. The van der Waals surface area contributed by atoms with Gasteiger partial charge in [-0.1, -0.05) is 6.07 Å². The second-order valence-electron chi connectivity index (χ2n) is 6.69. The van der Waals surface area contributed by atoms with E-state index < -0.39 is 10.0 Å². The summed E-state index contributed by atoms with van der Waals surface area (Å²) in [6.45, 7) is 1.04. The maximum atomic E-state index is 13.9. The number of aromatic nitrogens is 2. The van der Waals surface area contributed by atoms with E-state index in [0.29, 0.717) is 24.6 Å². The standard InChI is InChI=1S/C16H21FN4O2S/c1-20-14-6-2-5-13(17)15(14)19-16(20)18-11-4-3-9-21(10-11)24(22,23)12-7-8-12/h2,5-6,11-12H,3-4,7-10H2,1H3,(H,18,19)/t11-/m1/s1. The molecule has 24 heavy (non-hydrogen) atoms. The third-order valence-electron chi connectivity index (χ3n) is 4.89. The largest absolute Gasteiger partial charge is 0.352 e. The summed E-state index contributed by atoms with van der Waals surface area (Å²) in [5.74, 6) is 0.225. The fraction of sp³-hybridized carbons (Fsp3) is 0.562. The summed E-state index contributed by atoms with van der Waals surface area (Å²) in [7, 11) is -1.32. The zero-order valence-corrected chi connectivity index (χ0v) is 14.4. The number of rotatable bonds is 4. The molecule has 1 aliphatic heterocycles. The van der Waals surface area contributed by atoms with Gasteiger partial charge in [-0.3, -0.25) is 0 Å². The molecule has 4 rings (SSSR count). The zero-order valence-electron chi connectivity index (χ0n) is 13.6. The first-order chi connectivity index (χ1) is 11.5. The summed E-state index contributed by atoms with van der Waals surface area (Å²) in [4.78, 5) is 4.35. The number of para-hydroxylation sites is 1. The lowest BCUT2D eigenvalue weighted by Gasteiger charge is -2.32. The zero-order chi connectivity index (χ0) is 16.9. The normalized spacial score (nSPS) is 22.8. The molecule has 0 bridgehead atoms. The van der Waals surface area contributed by atoms with Crippen LogP contribution in [0.2, 0.25) is 0 Å². The molecule has 0 amide bonds. The third-order valence-corrected chi connectivity index (χ3v) is 7.25. The second-order valence-corrected chi connectivity index (χ2v) is 8.90. The molecule has 1 aromatic carbocycles. The molecule has 1 atom stereocenters. The van der Waals surface area contributed by atoms with Gasteiger partial charge in [-0.15, -0.1) is 0 Å². The first-order valence-electron chi connectivity index (χ1n) is 8.33. The highest BCUT2D eigenvalue weighted by atomic mass is 32.2. The average Bonchev–Trinajstić information content (AvgIpc) is 3.37. The SMILES string of the molecule is Cn1c(N[C@@H]2CCCN(S(=O)(=O)C3CC3)C2)nc2c(F)cccc21. The number of benzene rings is 1. The predicted molar refractivity (Wildman–Crippen MR) is 90.8 cm³/mol. The van der Waals surface area contributed by atoms with Crippen LogP contribution >= 0.6 is 0 Å². The van der Waals surface area contributed by atoms with Crippen LogP contribution in [0, 0.1) is 5.82 Å². The van der Waals surface area contributed by atoms with Crippen LogP contribution < -0.4 is 5.32 Å². The molecule has 6 nitrogen and oxygen atoms in total. The van der Waals surface area contributed by atoms with E-state index in [-0.39, 0.29) is 17.1 Å². The van der Waals surface area contributed by atoms with Gasteiger partial charge in [0.05, 0.1) is 10.8 Å². The van der Waals surface area contributed by atoms with Crippen molar-refractivity contribution in [2.75, 3.05) is 18.4 Å². The fourth-order valence-electron chi connectivity index (χ4n) is 3.36. The number of piperidine rings is 1. The summed E-state index contributed by atoms with van der Waals surface area (Å²) >= 11 is 0. The molecule has 2 aliphatic rings.